The standard InChI is InChI=1S/C14H23N3O4S.C4H11NO2/c18-6-8-21-7-5-15-12(19)4-2-1-3-11-13-10(9-22-11)16-14(20)17-13;1-6-2-3-7-4-5/h6,10-11,13H,1-5,7-9H2,(H,15,19)(H2,16,17,20);2-5H2,1H3. The molecule has 0 aromatic rings. The number of hydrogen-bond donors (Lipinski definition) is 4. The van der Waals surface area contributed by atoms with Gasteiger partial charge < -0.3 is 40.7 Å². The molecule has 0 saturated carbocycles. The topological polar surface area (TPSA) is 141 Å². The van der Waals surface area contributed by atoms with Crippen LogP contribution in [0, 0.1) is 0 Å². The van der Waals surface area contributed by atoms with Crippen molar-refractivity contribution >= 4 is 30.0 Å². The first-order valence-corrected chi connectivity index (χ1v) is 10.9. The average Bonchev–Trinajstić information content (AvgIpc) is 3.25. The van der Waals surface area contributed by atoms with Crippen molar-refractivity contribution in [1.29, 1.82) is 0 Å². The second-order valence-corrected chi connectivity index (χ2v) is 7.80. The summed E-state index contributed by atoms with van der Waals surface area (Å²) in [7, 11) is 1.62. The number of urea groups is 1. The van der Waals surface area contributed by atoms with Crippen LogP contribution in [-0.2, 0) is 23.8 Å². The van der Waals surface area contributed by atoms with Gasteiger partial charge in [-0.25, -0.2) is 4.79 Å². The molecule has 2 rings (SSSR count). The predicted molar refractivity (Wildman–Crippen MR) is 111 cm³/mol. The highest BCUT2D eigenvalue weighted by atomic mass is 32.2. The first kappa shape index (κ1) is 25.6. The van der Waals surface area contributed by atoms with Crippen molar-refractivity contribution < 1.29 is 28.6 Å². The van der Waals surface area contributed by atoms with Crippen LogP contribution in [0.15, 0.2) is 0 Å². The fourth-order valence-electron chi connectivity index (χ4n) is 2.98. The number of ether oxygens (including phenoxy) is 3. The molecule has 0 spiro atoms. The highest BCUT2D eigenvalue weighted by molar-refractivity contribution is 8.00. The van der Waals surface area contributed by atoms with Crippen LogP contribution in [-0.4, -0.2) is 88.1 Å². The molecule has 0 aromatic heterocycles. The van der Waals surface area contributed by atoms with E-state index in [0.29, 0.717) is 44.3 Å². The summed E-state index contributed by atoms with van der Waals surface area (Å²) in [6.45, 7) is 2.36. The number of thioether (sulfide) groups is 1. The Kier molecular flexibility index (Phi) is 14.5. The van der Waals surface area contributed by atoms with E-state index in [1.807, 2.05) is 11.8 Å². The van der Waals surface area contributed by atoms with Crippen LogP contribution < -0.4 is 21.7 Å². The van der Waals surface area contributed by atoms with Gasteiger partial charge in [0.1, 0.15) is 12.9 Å². The molecule has 0 aromatic carbocycles. The fourth-order valence-corrected chi connectivity index (χ4v) is 4.53. The van der Waals surface area contributed by atoms with Crippen molar-refractivity contribution in [3.8, 4) is 0 Å². The number of hydrogen-bond acceptors (Lipinski definition) is 8. The lowest BCUT2D eigenvalue weighted by Crippen LogP contribution is -2.36. The minimum atomic E-state index is -0.0588. The molecular weight excluding hydrogens is 400 g/mol. The van der Waals surface area contributed by atoms with E-state index < -0.39 is 0 Å². The van der Waals surface area contributed by atoms with Gasteiger partial charge in [0.25, 0.3) is 0 Å². The second kappa shape index (κ2) is 16.4. The van der Waals surface area contributed by atoms with Gasteiger partial charge in [-0.2, -0.15) is 11.8 Å². The minimum absolute atomic E-state index is 0.0162. The Morgan fingerprint density at radius 2 is 2.10 bits per heavy atom. The van der Waals surface area contributed by atoms with E-state index in [2.05, 4.69) is 20.7 Å². The molecule has 2 aliphatic rings. The Hall–Kier alpha value is -1.40. The largest absolute Gasteiger partial charge is 0.382 e. The maximum Gasteiger partial charge on any atom is 0.315 e. The van der Waals surface area contributed by atoms with Crippen LogP contribution in [0.25, 0.3) is 0 Å². The SMILES string of the molecule is COCCOCN.O=CCOCCNC(=O)CCCCC1SCC2NC(=O)NC21. The predicted octanol–water partition coefficient (Wildman–Crippen LogP) is -0.390. The number of methoxy groups -OCH3 is 1. The molecule has 2 heterocycles. The molecular formula is C18H34N4O6S. The van der Waals surface area contributed by atoms with E-state index in [1.54, 1.807) is 7.11 Å². The van der Waals surface area contributed by atoms with Crippen LogP contribution in [0.4, 0.5) is 4.79 Å². The molecule has 0 bridgehead atoms. The number of nitrogens with two attached hydrogens (primary N) is 1. The van der Waals surface area contributed by atoms with E-state index in [9.17, 15) is 14.4 Å². The molecule has 168 valence electrons. The number of amides is 3. The average molecular weight is 435 g/mol. The zero-order valence-electron chi connectivity index (χ0n) is 17.0. The lowest BCUT2D eigenvalue weighted by Gasteiger charge is -2.16. The van der Waals surface area contributed by atoms with Crippen LogP contribution in [0.5, 0.6) is 0 Å². The minimum Gasteiger partial charge on any atom is -0.382 e. The van der Waals surface area contributed by atoms with Gasteiger partial charge in [-0.15, -0.1) is 0 Å². The summed E-state index contributed by atoms with van der Waals surface area (Å²) in [5.41, 5.74) is 4.99. The van der Waals surface area contributed by atoms with Gasteiger partial charge in [0.2, 0.25) is 5.91 Å². The molecule has 5 N–H and O–H groups in total. The van der Waals surface area contributed by atoms with Gasteiger partial charge in [-0.1, -0.05) is 6.42 Å². The summed E-state index contributed by atoms with van der Waals surface area (Å²) in [6.07, 6.45) is 4.03. The molecule has 0 radical (unpaired) electrons. The molecule has 3 unspecified atom stereocenters. The van der Waals surface area contributed by atoms with E-state index in [1.165, 1.54) is 0 Å². The van der Waals surface area contributed by atoms with Crippen LogP contribution in [0.2, 0.25) is 0 Å². The highest BCUT2D eigenvalue weighted by Crippen LogP contribution is 2.33. The van der Waals surface area contributed by atoms with Crippen LogP contribution in [0.3, 0.4) is 0 Å². The van der Waals surface area contributed by atoms with Crippen LogP contribution in [0.1, 0.15) is 25.7 Å². The maximum atomic E-state index is 11.6. The molecule has 0 aliphatic carbocycles. The quantitative estimate of drug-likeness (QED) is 0.125. The number of fused-ring (bicyclic) bond motifs is 1. The number of nitrogens with one attached hydrogen (secondary N) is 3. The van der Waals surface area contributed by atoms with E-state index in [0.717, 1.165) is 25.0 Å². The third-order valence-corrected chi connectivity index (χ3v) is 5.89. The van der Waals surface area contributed by atoms with Gasteiger partial charge >= 0.3 is 6.03 Å². The molecule has 2 saturated heterocycles. The summed E-state index contributed by atoms with van der Waals surface area (Å²) in [6, 6.07) is 0.440. The van der Waals surface area contributed by atoms with E-state index in [4.69, 9.17) is 15.2 Å². The summed E-state index contributed by atoms with van der Waals surface area (Å²) in [4.78, 5) is 32.9. The fraction of sp³-hybridized carbons (Fsp3) is 0.833. The Morgan fingerprint density at radius 1 is 1.28 bits per heavy atom. The maximum absolute atomic E-state index is 11.6. The number of aldehydes is 1. The Balaban J connectivity index is 0.000000516. The summed E-state index contributed by atoms with van der Waals surface area (Å²) in [5, 5.41) is 9.10. The number of carbonyl (C=O) groups is 3. The van der Waals surface area contributed by atoms with Crippen molar-refractivity contribution in [3.05, 3.63) is 0 Å². The summed E-state index contributed by atoms with van der Waals surface area (Å²) in [5.74, 6) is 0.984. The third kappa shape index (κ3) is 11.4. The zero-order valence-corrected chi connectivity index (χ0v) is 17.8. The number of carbonyl (C=O) groups excluding carboxylic acids is 3. The van der Waals surface area contributed by atoms with Crippen molar-refractivity contribution in [2.45, 2.75) is 43.0 Å². The normalized spacial score (nSPS) is 22.1. The first-order chi connectivity index (χ1) is 14.1. The molecule has 2 aliphatic heterocycles. The summed E-state index contributed by atoms with van der Waals surface area (Å²) >= 11 is 1.89. The number of unbranched alkanes of at least 4 members (excludes halogenated alkanes) is 1. The molecule has 3 atom stereocenters. The van der Waals surface area contributed by atoms with Crippen LogP contribution >= 0.6 is 11.8 Å². The van der Waals surface area contributed by atoms with Crippen molar-refractivity contribution in [2.75, 3.05) is 52.6 Å². The van der Waals surface area contributed by atoms with Crippen molar-refractivity contribution in [1.82, 2.24) is 16.0 Å². The van der Waals surface area contributed by atoms with Crippen molar-refractivity contribution in [3.63, 3.8) is 0 Å². The smallest absolute Gasteiger partial charge is 0.315 e. The Bertz CT molecular complexity index is 481. The molecule has 29 heavy (non-hydrogen) atoms. The zero-order chi connectivity index (χ0) is 21.3. The number of rotatable bonds is 14. The van der Waals surface area contributed by atoms with Gasteiger partial charge in [0, 0.05) is 31.1 Å². The monoisotopic (exact) mass is 434 g/mol. The third-order valence-electron chi connectivity index (χ3n) is 4.38. The molecule has 11 heteroatoms. The lowest BCUT2D eigenvalue weighted by molar-refractivity contribution is -0.121. The van der Waals surface area contributed by atoms with Gasteiger partial charge in [-0.3, -0.25) is 4.79 Å². The lowest BCUT2D eigenvalue weighted by atomic mass is 10.0. The molecule has 10 nitrogen and oxygen atoms in total. The second-order valence-electron chi connectivity index (χ2n) is 6.53. The Labute approximate surface area is 176 Å². The van der Waals surface area contributed by atoms with Gasteiger partial charge in [-0.05, 0) is 12.8 Å². The summed E-state index contributed by atoms with van der Waals surface area (Å²) < 4.78 is 14.3. The van der Waals surface area contributed by atoms with Gasteiger partial charge in [0.05, 0.1) is 38.6 Å². The van der Waals surface area contributed by atoms with E-state index >= 15 is 0 Å². The van der Waals surface area contributed by atoms with E-state index in [-0.39, 0.29) is 37.4 Å². The Morgan fingerprint density at radius 3 is 2.83 bits per heavy atom. The first-order valence-electron chi connectivity index (χ1n) is 9.85. The highest BCUT2D eigenvalue weighted by Gasteiger charge is 2.42. The molecule has 3 amide bonds. The van der Waals surface area contributed by atoms with Gasteiger partial charge in [0.15, 0.2) is 0 Å². The van der Waals surface area contributed by atoms with Crippen molar-refractivity contribution in [2.24, 2.45) is 5.73 Å². The molecule has 2 fully saturated rings.